The fourth-order valence-corrected chi connectivity index (χ4v) is 3.49. The van der Waals surface area contributed by atoms with Crippen molar-refractivity contribution in [2.45, 2.75) is 70.2 Å². The second kappa shape index (κ2) is 8.52. The van der Waals surface area contributed by atoms with Crippen molar-refractivity contribution in [3.63, 3.8) is 0 Å². The lowest BCUT2D eigenvalue weighted by molar-refractivity contribution is -0.293. The average Bonchev–Trinajstić information content (AvgIpc) is 3.09. The standard InChI is InChI=1S/C21H27NO7/c1-12(8-9-18(24)25)27-20-17(23)10-21(3,13(2)28-20)29-19(26)15-11-22-16-7-5-4-6-14(15)16/h4-7,11-13,17,20,22-23H,8-10H2,1-3H3,(H,24,25)/t12-,13?,17?,20-,21?/m1/s1. The second-order valence-electron chi connectivity index (χ2n) is 7.75. The van der Waals surface area contributed by atoms with E-state index in [1.54, 1.807) is 27.0 Å². The number of aliphatic hydroxyl groups is 1. The molecule has 0 aliphatic carbocycles. The van der Waals surface area contributed by atoms with Crippen LogP contribution in [-0.4, -0.2) is 57.3 Å². The number of aliphatic hydroxyl groups excluding tert-OH is 1. The summed E-state index contributed by atoms with van der Waals surface area (Å²) < 4.78 is 17.2. The number of aromatic nitrogens is 1. The monoisotopic (exact) mass is 405 g/mol. The Bertz CT molecular complexity index is 879. The summed E-state index contributed by atoms with van der Waals surface area (Å²) >= 11 is 0. The van der Waals surface area contributed by atoms with E-state index >= 15 is 0 Å². The molecule has 3 N–H and O–H groups in total. The average molecular weight is 405 g/mol. The molecule has 8 heteroatoms. The molecule has 2 aromatic rings. The second-order valence-corrected chi connectivity index (χ2v) is 7.75. The van der Waals surface area contributed by atoms with E-state index in [0.29, 0.717) is 12.0 Å². The van der Waals surface area contributed by atoms with Gasteiger partial charge in [0.05, 0.1) is 17.8 Å². The molecule has 1 aromatic carbocycles. The number of rotatable bonds is 7. The molecule has 0 spiro atoms. The highest BCUT2D eigenvalue weighted by Crippen LogP contribution is 2.34. The summed E-state index contributed by atoms with van der Waals surface area (Å²) in [6, 6.07) is 7.43. The summed E-state index contributed by atoms with van der Waals surface area (Å²) in [4.78, 5) is 26.5. The van der Waals surface area contributed by atoms with Crippen LogP contribution >= 0.6 is 0 Å². The predicted molar refractivity (Wildman–Crippen MR) is 104 cm³/mol. The van der Waals surface area contributed by atoms with Gasteiger partial charge in [0.15, 0.2) is 6.29 Å². The molecule has 5 atom stereocenters. The minimum absolute atomic E-state index is 0.0283. The van der Waals surface area contributed by atoms with Gasteiger partial charge in [-0.3, -0.25) is 4.79 Å². The van der Waals surface area contributed by atoms with Gasteiger partial charge in [-0.05, 0) is 33.3 Å². The van der Waals surface area contributed by atoms with Crippen LogP contribution in [0.4, 0.5) is 0 Å². The molecule has 1 aliphatic heterocycles. The van der Waals surface area contributed by atoms with Crippen LogP contribution in [0.2, 0.25) is 0 Å². The maximum absolute atomic E-state index is 12.8. The highest BCUT2D eigenvalue weighted by Gasteiger charge is 2.47. The van der Waals surface area contributed by atoms with Gasteiger partial charge in [0, 0.05) is 29.9 Å². The van der Waals surface area contributed by atoms with E-state index in [-0.39, 0.29) is 12.8 Å². The zero-order chi connectivity index (χ0) is 21.2. The number of H-pyrrole nitrogens is 1. The van der Waals surface area contributed by atoms with Crippen molar-refractivity contribution in [1.82, 2.24) is 4.98 Å². The molecule has 3 rings (SSSR count). The first-order valence-electron chi connectivity index (χ1n) is 9.70. The number of carbonyl (C=O) groups is 2. The van der Waals surface area contributed by atoms with Crippen LogP contribution in [0.25, 0.3) is 10.9 Å². The molecule has 1 fully saturated rings. The van der Waals surface area contributed by atoms with Crippen LogP contribution < -0.4 is 0 Å². The predicted octanol–water partition coefficient (Wildman–Crippen LogP) is 2.85. The Labute approximate surface area is 168 Å². The van der Waals surface area contributed by atoms with Gasteiger partial charge in [-0.15, -0.1) is 0 Å². The van der Waals surface area contributed by atoms with Crippen LogP contribution in [0, 0.1) is 0 Å². The van der Waals surface area contributed by atoms with Crippen molar-refractivity contribution < 1.29 is 34.0 Å². The van der Waals surface area contributed by atoms with Crippen molar-refractivity contribution in [1.29, 1.82) is 0 Å². The van der Waals surface area contributed by atoms with Gasteiger partial charge in [0.1, 0.15) is 11.7 Å². The van der Waals surface area contributed by atoms with Crippen LogP contribution in [0.1, 0.15) is 50.4 Å². The Morgan fingerprint density at radius 1 is 1.38 bits per heavy atom. The Hall–Kier alpha value is -2.42. The number of hydrogen-bond donors (Lipinski definition) is 3. The zero-order valence-electron chi connectivity index (χ0n) is 16.8. The molecule has 1 saturated heterocycles. The largest absolute Gasteiger partial charge is 0.481 e. The highest BCUT2D eigenvalue weighted by atomic mass is 16.7. The number of ether oxygens (including phenoxy) is 3. The number of esters is 1. The van der Waals surface area contributed by atoms with E-state index < -0.39 is 42.1 Å². The molecule has 1 aromatic heterocycles. The minimum Gasteiger partial charge on any atom is -0.481 e. The van der Waals surface area contributed by atoms with E-state index in [0.717, 1.165) is 10.9 Å². The number of carboxylic acid groups (broad SMARTS) is 1. The molecular weight excluding hydrogens is 378 g/mol. The number of benzene rings is 1. The topological polar surface area (TPSA) is 118 Å². The molecule has 8 nitrogen and oxygen atoms in total. The molecule has 2 heterocycles. The van der Waals surface area contributed by atoms with Crippen LogP contribution in [0.15, 0.2) is 30.5 Å². The Morgan fingerprint density at radius 2 is 2.10 bits per heavy atom. The maximum Gasteiger partial charge on any atom is 0.340 e. The number of fused-ring (bicyclic) bond motifs is 1. The smallest absolute Gasteiger partial charge is 0.340 e. The maximum atomic E-state index is 12.8. The van der Waals surface area contributed by atoms with Gasteiger partial charge < -0.3 is 29.4 Å². The first-order valence-corrected chi connectivity index (χ1v) is 9.70. The van der Waals surface area contributed by atoms with E-state index in [2.05, 4.69) is 4.98 Å². The van der Waals surface area contributed by atoms with Crippen molar-refractivity contribution in [2.75, 3.05) is 0 Å². The van der Waals surface area contributed by atoms with E-state index in [1.165, 1.54) is 0 Å². The number of carboxylic acids is 1. The zero-order valence-corrected chi connectivity index (χ0v) is 16.8. The molecule has 3 unspecified atom stereocenters. The number of nitrogens with one attached hydrogen (secondary N) is 1. The van der Waals surface area contributed by atoms with Gasteiger partial charge in [0.25, 0.3) is 0 Å². The minimum atomic E-state index is -1.04. The summed E-state index contributed by atoms with van der Waals surface area (Å²) in [6.45, 7) is 5.21. The molecular formula is C21H27NO7. The van der Waals surface area contributed by atoms with Crippen LogP contribution in [0.5, 0.6) is 0 Å². The van der Waals surface area contributed by atoms with Gasteiger partial charge in [-0.2, -0.15) is 0 Å². The number of carbonyl (C=O) groups excluding carboxylic acids is 1. The molecule has 158 valence electrons. The molecule has 1 aliphatic rings. The van der Waals surface area contributed by atoms with E-state index in [4.69, 9.17) is 19.3 Å². The lowest BCUT2D eigenvalue weighted by Gasteiger charge is -2.44. The lowest BCUT2D eigenvalue weighted by atomic mass is 9.89. The molecule has 0 radical (unpaired) electrons. The summed E-state index contributed by atoms with van der Waals surface area (Å²) in [6.07, 6.45) is -0.820. The summed E-state index contributed by atoms with van der Waals surface area (Å²) in [5.41, 5.74) is 0.213. The number of para-hydroxylation sites is 1. The molecule has 0 amide bonds. The molecule has 0 bridgehead atoms. The number of aliphatic carboxylic acids is 1. The van der Waals surface area contributed by atoms with Gasteiger partial charge in [-0.1, -0.05) is 18.2 Å². The van der Waals surface area contributed by atoms with Gasteiger partial charge in [0.2, 0.25) is 0 Å². The Kier molecular flexibility index (Phi) is 6.26. The number of hydrogen-bond acceptors (Lipinski definition) is 6. The van der Waals surface area contributed by atoms with E-state index in [1.807, 2.05) is 24.3 Å². The normalized spacial score (nSPS) is 28.2. The van der Waals surface area contributed by atoms with Crippen molar-refractivity contribution >= 4 is 22.8 Å². The van der Waals surface area contributed by atoms with Crippen LogP contribution in [0.3, 0.4) is 0 Å². The highest BCUT2D eigenvalue weighted by molar-refractivity contribution is 6.04. The van der Waals surface area contributed by atoms with Crippen molar-refractivity contribution in [2.24, 2.45) is 0 Å². The molecule has 29 heavy (non-hydrogen) atoms. The van der Waals surface area contributed by atoms with Gasteiger partial charge >= 0.3 is 11.9 Å². The summed E-state index contributed by atoms with van der Waals surface area (Å²) in [5.74, 6) is -1.41. The fourth-order valence-electron chi connectivity index (χ4n) is 3.49. The third kappa shape index (κ3) is 4.77. The first kappa shape index (κ1) is 21.3. The number of aromatic amines is 1. The molecule has 0 saturated carbocycles. The SMILES string of the molecule is CC1O[C@@H](O[C@H](C)CCC(=O)O)C(O)CC1(C)OC(=O)c1c[nH]c2ccccc12. The van der Waals surface area contributed by atoms with Crippen molar-refractivity contribution in [3.05, 3.63) is 36.0 Å². The summed E-state index contributed by atoms with van der Waals surface area (Å²) in [5, 5.41) is 20.0. The quantitative estimate of drug-likeness (QED) is 0.606. The first-order chi connectivity index (χ1) is 13.7. The van der Waals surface area contributed by atoms with Crippen LogP contribution in [-0.2, 0) is 19.0 Å². The lowest BCUT2D eigenvalue weighted by Crippen LogP contribution is -2.56. The van der Waals surface area contributed by atoms with Gasteiger partial charge in [-0.25, -0.2) is 4.79 Å². The van der Waals surface area contributed by atoms with E-state index in [9.17, 15) is 14.7 Å². The third-order valence-electron chi connectivity index (χ3n) is 5.39. The summed E-state index contributed by atoms with van der Waals surface area (Å²) in [7, 11) is 0. The van der Waals surface area contributed by atoms with Crippen molar-refractivity contribution in [3.8, 4) is 0 Å². The third-order valence-corrected chi connectivity index (χ3v) is 5.39. The Morgan fingerprint density at radius 3 is 2.83 bits per heavy atom. The Balaban J connectivity index is 1.65. The fraction of sp³-hybridized carbons (Fsp3) is 0.524.